The Labute approximate surface area is 177 Å². The third-order valence-electron chi connectivity index (χ3n) is 5.45. The van der Waals surface area contributed by atoms with Gasteiger partial charge in [0.2, 0.25) is 20.0 Å². The predicted octanol–water partition coefficient (Wildman–Crippen LogP) is 2.93. The number of nitrogens with one attached hydrogen (secondary N) is 2. The molecule has 0 saturated carbocycles. The maximum Gasteiger partial charge on any atom is 0.240 e. The highest BCUT2D eigenvalue weighted by molar-refractivity contribution is 7.92. The largest absolute Gasteiger partial charge is 0.361 e. The molecule has 3 aromatic rings. The second-order valence-electron chi connectivity index (χ2n) is 7.55. The molecule has 0 radical (unpaired) electrons. The first-order chi connectivity index (χ1) is 14.3. The lowest BCUT2D eigenvalue weighted by molar-refractivity contribution is 0.574. The number of aromatic nitrogens is 1. The minimum atomic E-state index is -3.70. The second kappa shape index (κ2) is 8.05. The van der Waals surface area contributed by atoms with Crippen LogP contribution >= 0.6 is 0 Å². The molecule has 0 bridgehead atoms. The number of hydrogen-bond donors (Lipinski definition) is 2. The van der Waals surface area contributed by atoms with E-state index in [1.54, 1.807) is 19.1 Å². The summed E-state index contributed by atoms with van der Waals surface area (Å²) in [5.41, 5.74) is 3.11. The Morgan fingerprint density at radius 1 is 1.13 bits per heavy atom. The number of hydrogen-bond acceptors (Lipinski definition) is 4. The van der Waals surface area contributed by atoms with Crippen molar-refractivity contribution in [3.8, 4) is 0 Å². The summed E-state index contributed by atoms with van der Waals surface area (Å²) in [6.45, 7) is 2.39. The average molecular weight is 448 g/mol. The summed E-state index contributed by atoms with van der Waals surface area (Å²) in [7, 11) is -7.04. The zero-order valence-electron chi connectivity index (χ0n) is 16.8. The van der Waals surface area contributed by atoms with Crippen LogP contribution in [0.4, 0.5) is 5.69 Å². The second-order valence-corrected chi connectivity index (χ2v) is 11.3. The molecule has 1 aliphatic rings. The Morgan fingerprint density at radius 3 is 2.70 bits per heavy atom. The smallest absolute Gasteiger partial charge is 0.240 e. The van der Waals surface area contributed by atoms with E-state index in [0.29, 0.717) is 30.6 Å². The number of nitrogens with zero attached hydrogens (tertiary/aromatic N) is 1. The van der Waals surface area contributed by atoms with E-state index in [1.165, 1.54) is 10.4 Å². The molecule has 1 saturated heterocycles. The van der Waals surface area contributed by atoms with Gasteiger partial charge >= 0.3 is 0 Å². The van der Waals surface area contributed by atoms with Crippen LogP contribution in [0.15, 0.2) is 53.6 Å². The van der Waals surface area contributed by atoms with E-state index in [0.717, 1.165) is 22.9 Å². The monoisotopic (exact) mass is 447 g/mol. The Kier molecular flexibility index (Phi) is 5.61. The standard InChI is InChI=1S/C21H25N3O4S2/c1-16-14-18(24-12-4-5-13-29(24,25)26)8-9-21(16)30(27,28)23-11-10-17-15-22-20-7-3-2-6-19(17)20/h2-3,6-9,14-15,22-23H,4-5,10-13H2,1H3. The first-order valence-corrected chi connectivity index (χ1v) is 13.0. The molecule has 1 aromatic heterocycles. The van der Waals surface area contributed by atoms with Crippen molar-refractivity contribution in [3.05, 3.63) is 59.8 Å². The fourth-order valence-electron chi connectivity index (χ4n) is 3.91. The number of anilines is 1. The van der Waals surface area contributed by atoms with Crippen LogP contribution in [0.5, 0.6) is 0 Å². The molecule has 160 valence electrons. The van der Waals surface area contributed by atoms with Gasteiger partial charge in [-0.2, -0.15) is 0 Å². The van der Waals surface area contributed by atoms with Crippen LogP contribution in [0.2, 0.25) is 0 Å². The van der Waals surface area contributed by atoms with Crippen LogP contribution < -0.4 is 9.03 Å². The van der Waals surface area contributed by atoms with Gasteiger partial charge in [0.05, 0.1) is 16.3 Å². The number of benzene rings is 2. The number of fused-ring (bicyclic) bond motifs is 1. The molecule has 1 fully saturated rings. The summed E-state index contributed by atoms with van der Waals surface area (Å²) in [6, 6.07) is 12.6. The topological polar surface area (TPSA) is 99.3 Å². The van der Waals surface area contributed by atoms with Gasteiger partial charge < -0.3 is 4.98 Å². The quantitative estimate of drug-likeness (QED) is 0.607. The van der Waals surface area contributed by atoms with E-state index in [-0.39, 0.29) is 17.2 Å². The normalized spacial score (nSPS) is 16.8. The molecule has 9 heteroatoms. The Hall–Kier alpha value is -2.36. The number of sulfonamides is 2. The molecule has 2 aromatic carbocycles. The SMILES string of the molecule is Cc1cc(N2CCCCS2(=O)=O)ccc1S(=O)(=O)NCCc1c[nH]c2ccccc12. The predicted molar refractivity (Wildman–Crippen MR) is 119 cm³/mol. The highest BCUT2D eigenvalue weighted by Gasteiger charge is 2.27. The molecule has 0 spiro atoms. The Bertz CT molecular complexity index is 1280. The number of H-pyrrole nitrogens is 1. The van der Waals surface area contributed by atoms with Crippen molar-refractivity contribution in [2.24, 2.45) is 0 Å². The summed E-state index contributed by atoms with van der Waals surface area (Å²) in [4.78, 5) is 3.36. The number of rotatable bonds is 6. The third-order valence-corrected chi connectivity index (χ3v) is 8.94. The molecule has 2 heterocycles. The Morgan fingerprint density at radius 2 is 1.93 bits per heavy atom. The first-order valence-electron chi connectivity index (χ1n) is 9.94. The van der Waals surface area contributed by atoms with Gasteiger partial charge in [-0.3, -0.25) is 4.31 Å². The van der Waals surface area contributed by atoms with Gasteiger partial charge in [0.15, 0.2) is 0 Å². The van der Waals surface area contributed by atoms with Crippen LogP contribution in [0, 0.1) is 6.92 Å². The van der Waals surface area contributed by atoms with Crippen molar-refractivity contribution >= 4 is 36.6 Å². The molecule has 0 unspecified atom stereocenters. The molecule has 1 aliphatic heterocycles. The summed E-state index contributed by atoms with van der Waals surface area (Å²) < 4.78 is 54.3. The number of aromatic amines is 1. The lowest BCUT2D eigenvalue weighted by Crippen LogP contribution is -2.38. The van der Waals surface area contributed by atoms with Crippen molar-refractivity contribution < 1.29 is 16.8 Å². The van der Waals surface area contributed by atoms with Gasteiger partial charge in [0, 0.05) is 30.2 Å². The number of para-hydroxylation sites is 1. The van der Waals surface area contributed by atoms with E-state index >= 15 is 0 Å². The van der Waals surface area contributed by atoms with Crippen LogP contribution in [0.3, 0.4) is 0 Å². The molecule has 2 N–H and O–H groups in total. The first kappa shape index (κ1) is 20.9. The molecular weight excluding hydrogens is 422 g/mol. The molecular formula is C21H25N3O4S2. The van der Waals surface area contributed by atoms with Gasteiger partial charge in [-0.15, -0.1) is 0 Å². The van der Waals surface area contributed by atoms with Gasteiger partial charge in [0.1, 0.15) is 0 Å². The lowest BCUT2D eigenvalue weighted by atomic mass is 10.1. The van der Waals surface area contributed by atoms with Gasteiger partial charge in [0.25, 0.3) is 0 Å². The van der Waals surface area contributed by atoms with Gasteiger partial charge in [-0.25, -0.2) is 21.6 Å². The summed E-state index contributed by atoms with van der Waals surface area (Å²) >= 11 is 0. The molecule has 0 atom stereocenters. The van der Waals surface area contributed by atoms with E-state index < -0.39 is 20.0 Å². The van der Waals surface area contributed by atoms with E-state index in [2.05, 4.69) is 9.71 Å². The lowest BCUT2D eigenvalue weighted by Gasteiger charge is -2.28. The zero-order chi connectivity index (χ0) is 21.4. The fourth-order valence-corrected chi connectivity index (χ4v) is 6.79. The zero-order valence-corrected chi connectivity index (χ0v) is 18.4. The van der Waals surface area contributed by atoms with Gasteiger partial charge in [-0.05, 0) is 61.6 Å². The molecule has 7 nitrogen and oxygen atoms in total. The third kappa shape index (κ3) is 4.10. The molecule has 4 rings (SSSR count). The minimum absolute atomic E-state index is 0.126. The van der Waals surface area contributed by atoms with Gasteiger partial charge in [-0.1, -0.05) is 18.2 Å². The van der Waals surface area contributed by atoms with Crippen molar-refractivity contribution in [2.45, 2.75) is 31.1 Å². The van der Waals surface area contributed by atoms with Crippen molar-refractivity contribution in [2.75, 3.05) is 23.1 Å². The summed E-state index contributed by atoms with van der Waals surface area (Å²) in [5, 5.41) is 1.08. The molecule has 30 heavy (non-hydrogen) atoms. The van der Waals surface area contributed by atoms with E-state index in [9.17, 15) is 16.8 Å². The number of aryl methyl sites for hydroxylation is 1. The van der Waals surface area contributed by atoms with Crippen LogP contribution in [0.25, 0.3) is 10.9 Å². The molecule has 0 amide bonds. The Balaban J connectivity index is 1.48. The van der Waals surface area contributed by atoms with Crippen molar-refractivity contribution in [1.29, 1.82) is 0 Å². The van der Waals surface area contributed by atoms with E-state index in [4.69, 9.17) is 0 Å². The minimum Gasteiger partial charge on any atom is -0.361 e. The average Bonchev–Trinajstić information content (AvgIpc) is 3.10. The molecule has 0 aliphatic carbocycles. The summed E-state index contributed by atoms with van der Waals surface area (Å²) in [5.74, 6) is 0.126. The van der Waals surface area contributed by atoms with Crippen LogP contribution in [0.1, 0.15) is 24.0 Å². The highest BCUT2D eigenvalue weighted by atomic mass is 32.2. The van der Waals surface area contributed by atoms with Crippen molar-refractivity contribution in [1.82, 2.24) is 9.71 Å². The fraction of sp³-hybridized carbons (Fsp3) is 0.333. The van der Waals surface area contributed by atoms with E-state index in [1.807, 2.05) is 30.5 Å². The van der Waals surface area contributed by atoms with Crippen LogP contribution in [-0.2, 0) is 26.5 Å². The summed E-state index contributed by atoms with van der Waals surface area (Å²) in [6.07, 6.45) is 3.92. The van der Waals surface area contributed by atoms with Crippen molar-refractivity contribution in [3.63, 3.8) is 0 Å². The van der Waals surface area contributed by atoms with Crippen LogP contribution in [-0.4, -0.2) is 40.7 Å². The maximum atomic E-state index is 12.8. The maximum absolute atomic E-state index is 12.8. The highest BCUT2D eigenvalue weighted by Crippen LogP contribution is 2.27.